The summed E-state index contributed by atoms with van der Waals surface area (Å²) in [6.45, 7) is 3.16. The van der Waals surface area contributed by atoms with E-state index in [1.807, 2.05) is 35.9 Å². The lowest BCUT2D eigenvalue weighted by molar-refractivity contribution is -0.121. The van der Waals surface area contributed by atoms with Gasteiger partial charge in [0, 0.05) is 19.2 Å². The predicted molar refractivity (Wildman–Crippen MR) is 106 cm³/mol. The molecule has 6 heteroatoms. The molecule has 5 nitrogen and oxygen atoms in total. The zero-order valence-corrected chi connectivity index (χ0v) is 15.9. The van der Waals surface area contributed by atoms with Crippen LogP contribution in [-0.2, 0) is 11.3 Å². The van der Waals surface area contributed by atoms with Crippen LogP contribution in [0.25, 0.3) is 10.9 Å². The number of nitrogens with one attached hydrogen (secondary N) is 1. The number of benzene rings is 1. The van der Waals surface area contributed by atoms with Gasteiger partial charge in [-0.2, -0.15) is 0 Å². The number of hydrogen-bond acceptors (Lipinski definition) is 3. The zero-order valence-electron chi connectivity index (χ0n) is 15.9. The maximum atomic E-state index is 13.5. The van der Waals surface area contributed by atoms with E-state index in [0.717, 1.165) is 29.0 Å². The van der Waals surface area contributed by atoms with Crippen molar-refractivity contribution in [3.63, 3.8) is 0 Å². The number of halogens is 1. The summed E-state index contributed by atoms with van der Waals surface area (Å²) in [4.78, 5) is 16.7. The molecule has 1 aliphatic carbocycles. The number of aryl methyl sites for hydroxylation is 1. The van der Waals surface area contributed by atoms with Crippen LogP contribution in [-0.4, -0.2) is 22.1 Å². The first kappa shape index (κ1) is 18.5. The second kappa shape index (κ2) is 8.00. The normalized spacial score (nSPS) is 14.8. The topological polar surface area (TPSA) is 56.2 Å². The molecule has 2 aromatic heterocycles. The fourth-order valence-electron chi connectivity index (χ4n) is 3.19. The SMILES string of the molecule is C[C@@H](NC(=O)CCn1ccc2ccc(F)cc21)c1ccc(OCC2CC2)cn1. The van der Waals surface area contributed by atoms with E-state index >= 15 is 0 Å². The summed E-state index contributed by atoms with van der Waals surface area (Å²) in [5.41, 5.74) is 1.59. The molecule has 1 aliphatic rings. The van der Waals surface area contributed by atoms with Crippen molar-refractivity contribution < 1.29 is 13.9 Å². The molecule has 1 saturated carbocycles. The Hall–Kier alpha value is -2.89. The maximum absolute atomic E-state index is 13.5. The summed E-state index contributed by atoms with van der Waals surface area (Å²) in [5, 5.41) is 3.93. The van der Waals surface area contributed by atoms with Crippen molar-refractivity contribution in [2.75, 3.05) is 6.61 Å². The Bertz CT molecular complexity index is 964. The van der Waals surface area contributed by atoms with Gasteiger partial charge in [-0.25, -0.2) is 4.39 Å². The first-order chi connectivity index (χ1) is 13.6. The lowest BCUT2D eigenvalue weighted by Gasteiger charge is -2.14. The molecule has 1 aromatic carbocycles. The molecule has 146 valence electrons. The van der Waals surface area contributed by atoms with Gasteiger partial charge >= 0.3 is 0 Å². The summed E-state index contributed by atoms with van der Waals surface area (Å²) in [7, 11) is 0. The minimum Gasteiger partial charge on any atom is -0.492 e. The smallest absolute Gasteiger partial charge is 0.222 e. The Morgan fingerprint density at radius 2 is 2.18 bits per heavy atom. The highest BCUT2D eigenvalue weighted by molar-refractivity contribution is 5.81. The van der Waals surface area contributed by atoms with Crippen LogP contribution in [0.15, 0.2) is 48.8 Å². The van der Waals surface area contributed by atoms with Crippen molar-refractivity contribution in [3.05, 3.63) is 60.3 Å². The van der Waals surface area contributed by atoms with Crippen LogP contribution in [0.2, 0.25) is 0 Å². The average molecular weight is 381 g/mol. The van der Waals surface area contributed by atoms with E-state index in [1.54, 1.807) is 12.3 Å². The molecule has 2 heterocycles. The highest BCUT2D eigenvalue weighted by Gasteiger charge is 2.22. The highest BCUT2D eigenvalue weighted by Crippen LogP contribution is 2.29. The number of fused-ring (bicyclic) bond motifs is 1. The summed E-state index contributed by atoms with van der Waals surface area (Å²) in [6.07, 6.45) is 6.40. The van der Waals surface area contributed by atoms with Gasteiger partial charge in [0.2, 0.25) is 5.91 Å². The molecule has 0 bridgehead atoms. The molecule has 0 aliphatic heterocycles. The summed E-state index contributed by atoms with van der Waals surface area (Å²) in [5.74, 6) is 1.12. The Morgan fingerprint density at radius 1 is 1.32 bits per heavy atom. The molecule has 1 amide bonds. The van der Waals surface area contributed by atoms with Crippen molar-refractivity contribution >= 4 is 16.8 Å². The third-order valence-corrected chi connectivity index (χ3v) is 5.08. The third kappa shape index (κ3) is 4.50. The van der Waals surface area contributed by atoms with Gasteiger partial charge in [-0.15, -0.1) is 0 Å². The standard InChI is InChI=1S/C22H24FN3O2/c1-15(20-7-6-19(13-24-20)28-14-16-2-3-16)25-22(27)9-11-26-10-8-17-4-5-18(23)12-21(17)26/h4-8,10,12-13,15-16H,2-3,9,11,14H2,1H3,(H,25,27)/t15-/m1/s1. The molecule has 0 spiro atoms. The number of ether oxygens (including phenoxy) is 1. The van der Waals surface area contributed by atoms with Gasteiger partial charge in [-0.1, -0.05) is 0 Å². The highest BCUT2D eigenvalue weighted by atomic mass is 19.1. The minimum absolute atomic E-state index is 0.0680. The van der Waals surface area contributed by atoms with Gasteiger partial charge in [0.05, 0.1) is 30.1 Å². The van der Waals surface area contributed by atoms with Crippen molar-refractivity contribution in [1.29, 1.82) is 0 Å². The monoisotopic (exact) mass is 381 g/mol. The van der Waals surface area contributed by atoms with Crippen molar-refractivity contribution in [1.82, 2.24) is 14.9 Å². The van der Waals surface area contributed by atoms with E-state index in [2.05, 4.69) is 10.3 Å². The van der Waals surface area contributed by atoms with Gasteiger partial charge in [0.25, 0.3) is 0 Å². The zero-order chi connectivity index (χ0) is 19.5. The van der Waals surface area contributed by atoms with Gasteiger partial charge in [0.1, 0.15) is 11.6 Å². The molecule has 0 saturated heterocycles. The second-order valence-electron chi connectivity index (χ2n) is 7.42. The molecule has 1 N–H and O–H groups in total. The first-order valence-corrected chi connectivity index (χ1v) is 9.71. The minimum atomic E-state index is -0.277. The van der Waals surface area contributed by atoms with Crippen LogP contribution in [0, 0.1) is 11.7 Å². The van der Waals surface area contributed by atoms with Crippen LogP contribution < -0.4 is 10.1 Å². The predicted octanol–water partition coefficient (Wildman–Crippen LogP) is 4.23. The Balaban J connectivity index is 1.29. The van der Waals surface area contributed by atoms with Gasteiger partial charge < -0.3 is 14.6 Å². The Morgan fingerprint density at radius 3 is 2.93 bits per heavy atom. The fraction of sp³-hybridized carbons (Fsp3) is 0.364. The van der Waals surface area contributed by atoms with Crippen molar-refractivity contribution in [2.45, 2.75) is 38.8 Å². The number of pyridine rings is 1. The molecule has 4 rings (SSSR count). The average Bonchev–Trinajstić information content (AvgIpc) is 3.44. The molecular formula is C22H24FN3O2. The van der Waals surface area contributed by atoms with Crippen LogP contribution >= 0.6 is 0 Å². The van der Waals surface area contributed by atoms with E-state index < -0.39 is 0 Å². The number of aromatic nitrogens is 2. The van der Waals surface area contributed by atoms with E-state index in [-0.39, 0.29) is 17.8 Å². The number of carbonyl (C=O) groups excluding carboxylic acids is 1. The summed E-state index contributed by atoms with van der Waals surface area (Å²) in [6, 6.07) is 10.2. The number of hydrogen-bond donors (Lipinski definition) is 1. The molecule has 0 unspecified atom stereocenters. The van der Waals surface area contributed by atoms with E-state index in [1.165, 1.54) is 25.0 Å². The van der Waals surface area contributed by atoms with E-state index in [0.29, 0.717) is 18.9 Å². The lowest BCUT2D eigenvalue weighted by atomic mass is 10.2. The van der Waals surface area contributed by atoms with Crippen LogP contribution in [0.1, 0.15) is 37.9 Å². The molecule has 1 fully saturated rings. The quantitative estimate of drug-likeness (QED) is 0.635. The summed E-state index contributed by atoms with van der Waals surface area (Å²) < 4.78 is 21.0. The van der Waals surface area contributed by atoms with Gasteiger partial charge in [-0.3, -0.25) is 9.78 Å². The number of rotatable bonds is 8. The van der Waals surface area contributed by atoms with Crippen molar-refractivity contribution in [2.24, 2.45) is 5.92 Å². The number of nitrogens with zero attached hydrogens (tertiary/aromatic N) is 2. The Kier molecular flexibility index (Phi) is 5.28. The molecule has 0 radical (unpaired) electrons. The first-order valence-electron chi connectivity index (χ1n) is 9.71. The number of amides is 1. The van der Waals surface area contributed by atoms with Gasteiger partial charge in [0.15, 0.2) is 0 Å². The van der Waals surface area contributed by atoms with Crippen LogP contribution in [0.4, 0.5) is 4.39 Å². The third-order valence-electron chi connectivity index (χ3n) is 5.08. The molecule has 28 heavy (non-hydrogen) atoms. The fourth-order valence-corrected chi connectivity index (χ4v) is 3.19. The second-order valence-corrected chi connectivity index (χ2v) is 7.42. The molecule has 1 atom stereocenters. The number of carbonyl (C=O) groups is 1. The Labute approximate surface area is 163 Å². The molecular weight excluding hydrogens is 357 g/mol. The van der Waals surface area contributed by atoms with E-state index in [4.69, 9.17) is 4.74 Å². The largest absolute Gasteiger partial charge is 0.492 e. The van der Waals surface area contributed by atoms with Gasteiger partial charge in [-0.05, 0) is 67.5 Å². The van der Waals surface area contributed by atoms with Crippen molar-refractivity contribution in [3.8, 4) is 5.75 Å². The van der Waals surface area contributed by atoms with Crippen LogP contribution in [0.3, 0.4) is 0 Å². The summed E-state index contributed by atoms with van der Waals surface area (Å²) >= 11 is 0. The molecule has 3 aromatic rings. The maximum Gasteiger partial charge on any atom is 0.222 e. The van der Waals surface area contributed by atoms with E-state index in [9.17, 15) is 9.18 Å². The lowest BCUT2D eigenvalue weighted by Crippen LogP contribution is -2.27. The van der Waals surface area contributed by atoms with Crippen LogP contribution in [0.5, 0.6) is 5.75 Å².